The van der Waals surface area contributed by atoms with Crippen molar-refractivity contribution >= 4 is 17.7 Å². The van der Waals surface area contributed by atoms with E-state index in [-0.39, 0.29) is 37.4 Å². The van der Waals surface area contributed by atoms with Crippen LogP contribution in [0.15, 0.2) is 91.0 Å². The van der Waals surface area contributed by atoms with E-state index in [0.29, 0.717) is 12.0 Å². The van der Waals surface area contributed by atoms with E-state index in [4.69, 9.17) is 5.73 Å². The van der Waals surface area contributed by atoms with E-state index >= 15 is 0 Å². The van der Waals surface area contributed by atoms with Crippen LogP contribution < -0.4 is 11.1 Å². The zero-order chi connectivity index (χ0) is 34.9. The second-order valence-corrected chi connectivity index (χ2v) is 13.9. The summed E-state index contributed by atoms with van der Waals surface area (Å²) in [6.07, 6.45) is 7.10. The van der Waals surface area contributed by atoms with Crippen LogP contribution in [0.1, 0.15) is 50.7 Å². The van der Waals surface area contributed by atoms with Crippen LogP contribution in [0.4, 0.5) is 4.39 Å². The molecule has 48 heavy (non-hydrogen) atoms. The van der Waals surface area contributed by atoms with E-state index in [9.17, 15) is 23.9 Å². The van der Waals surface area contributed by atoms with Crippen LogP contribution in [0.25, 0.3) is 11.1 Å². The van der Waals surface area contributed by atoms with Gasteiger partial charge in [0, 0.05) is 51.0 Å². The Morgan fingerprint density at radius 3 is 2.02 bits per heavy atom. The number of nitrogens with zero attached hydrogens (tertiary/aromatic N) is 2. The largest absolute Gasteiger partial charge is 0.396 e. The Kier molecular flexibility index (Phi) is 12.3. The number of aliphatic hydroxyl groups is 1. The molecule has 0 aromatic heterocycles. The van der Waals surface area contributed by atoms with E-state index < -0.39 is 35.1 Å². The summed E-state index contributed by atoms with van der Waals surface area (Å²) in [5.74, 6) is -1.57. The molecule has 0 bridgehead atoms. The number of nitrogens with two attached hydrogens (primary N) is 1. The summed E-state index contributed by atoms with van der Waals surface area (Å²) in [5.41, 5.74) is 9.11. The molecule has 0 saturated heterocycles. The predicted molar refractivity (Wildman–Crippen MR) is 187 cm³/mol. The average Bonchev–Trinajstić information content (AvgIpc) is 3.08. The lowest BCUT2D eigenvalue weighted by Gasteiger charge is -2.37. The second kappa shape index (κ2) is 16.2. The van der Waals surface area contributed by atoms with Gasteiger partial charge in [0.2, 0.25) is 17.7 Å². The molecule has 3 aromatic carbocycles. The van der Waals surface area contributed by atoms with Gasteiger partial charge in [-0.2, -0.15) is 0 Å². The third-order valence-electron chi connectivity index (χ3n) is 9.35. The highest BCUT2D eigenvalue weighted by Gasteiger charge is 2.36. The van der Waals surface area contributed by atoms with Crippen molar-refractivity contribution in [2.75, 3.05) is 27.2 Å². The van der Waals surface area contributed by atoms with Crippen molar-refractivity contribution in [2.24, 2.45) is 11.1 Å². The summed E-state index contributed by atoms with van der Waals surface area (Å²) in [6.45, 7) is 3.69. The standard InChI is InChI=1S/C39H49FN4O4/c1-38(2,27-45)26-42-36(47)33(24-29-15-19-32(40)20-16-29)44(4)37(48)34(43(3)35(46)12-8-21-39(41)22-9-23-39)25-28-13-17-31(18-14-28)30-10-6-5-7-11-30/h5-8,10-20,33-34,45H,9,21-27,41H2,1-4H3,(H,42,47)/t33-,34-/m1/s1. The van der Waals surface area contributed by atoms with Crippen LogP contribution in [0.2, 0.25) is 0 Å². The van der Waals surface area contributed by atoms with Crippen LogP contribution in [0.5, 0.6) is 0 Å². The highest BCUT2D eigenvalue weighted by atomic mass is 19.1. The lowest BCUT2D eigenvalue weighted by atomic mass is 9.75. The molecule has 1 aliphatic rings. The molecular weight excluding hydrogens is 607 g/mol. The number of hydrogen-bond donors (Lipinski definition) is 3. The molecular formula is C39H49FN4O4. The van der Waals surface area contributed by atoms with E-state index in [1.807, 2.05) is 68.4 Å². The summed E-state index contributed by atoms with van der Waals surface area (Å²) < 4.78 is 13.7. The van der Waals surface area contributed by atoms with Crippen molar-refractivity contribution in [3.63, 3.8) is 0 Å². The summed E-state index contributed by atoms with van der Waals surface area (Å²) in [7, 11) is 3.16. The third-order valence-corrected chi connectivity index (χ3v) is 9.35. The summed E-state index contributed by atoms with van der Waals surface area (Å²) >= 11 is 0. The average molecular weight is 657 g/mol. The Bertz CT molecular complexity index is 1550. The number of aliphatic hydroxyl groups excluding tert-OH is 1. The van der Waals surface area contributed by atoms with Gasteiger partial charge in [-0.05, 0) is 66.1 Å². The molecule has 0 unspecified atom stereocenters. The maximum absolute atomic E-state index is 14.4. The predicted octanol–water partition coefficient (Wildman–Crippen LogP) is 4.89. The molecule has 9 heteroatoms. The van der Waals surface area contributed by atoms with Gasteiger partial charge >= 0.3 is 0 Å². The zero-order valence-electron chi connectivity index (χ0n) is 28.5. The molecule has 0 spiro atoms. The summed E-state index contributed by atoms with van der Waals surface area (Å²) in [5, 5.41) is 12.6. The van der Waals surface area contributed by atoms with Crippen LogP contribution >= 0.6 is 0 Å². The van der Waals surface area contributed by atoms with Gasteiger partial charge in [-0.1, -0.05) is 86.7 Å². The lowest BCUT2D eigenvalue weighted by Crippen LogP contribution is -2.56. The van der Waals surface area contributed by atoms with Gasteiger partial charge in [-0.3, -0.25) is 14.4 Å². The fraction of sp³-hybridized carbons (Fsp3) is 0.410. The molecule has 0 radical (unpaired) electrons. The third kappa shape index (κ3) is 9.84. The first-order valence-corrected chi connectivity index (χ1v) is 16.6. The number of nitrogens with one attached hydrogen (secondary N) is 1. The van der Waals surface area contributed by atoms with Crippen molar-refractivity contribution in [3.8, 4) is 11.1 Å². The minimum Gasteiger partial charge on any atom is -0.396 e. The van der Waals surface area contributed by atoms with Crippen molar-refractivity contribution in [2.45, 2.75) is 70.0 Å². The maximum atomic E-state index is 14.4. The number of halogens is 1. The molecule has 256 valence electrons. The SMILES string of the molecule is CN(C(=O)C=CCC1(N)CCC1)[C@H](Cc1ccc(-c2ccccc2)cc1)C(=O)N(C)[C@H](Cc1ccc(F)cc1)C(=O)NCC(C)(C)CO. The highest BCUT2D eigenvalue weighted by molar-refractivity contribution is 5.95. The van der Waals surface area contributed by atoms with Crippen molar-refractivity contribution < 1.29 is 23.9 Å². The Hall–Kier alpha value is -4.34. The van der Waals surface area contributed by atoms with Gasteiger partial charge in [0.05, 0.1) is 0 Å². The number of hydrogen-bond acceptors (Lipinski definition) is 5. The van der Waals surface area contributed by atoms with Gasteiger partial charge in [0.15, 0.2) is 0 Å². The minimum absolute atomic E-state index is 0.128. The molecule has 3 aromatic rings. The molecule has 3 amide bonds. The van der Waals surface area contributed by atoms with Crippen LogP contribution in [-0.4, -0.2) is 77.5 Å². The molecule has 2 atom stereocenters. The molecule has 1 saturated carbocycles. The number of likely N-dealkylation sites (N-methyl/N-ethyl adjacent to an activating group) is 2. The summed E-state index contributed by atoms with van der Waals surface area (Å²) in [4.78, 5) is 44.4. The first-order valence-electron chi connectivity index (χ1n) is 16.6. The zero-order valence-corrected chi connectivity index (χ0v) is 28.5. The van der Waals surface area contributed by atoms with Gasteiger partial charge in [-0.15, -0.1) is 0 Å². The number of amides is 3. The van der Waals surface area contributed by atoms with Gasteiger partial charge in [0.25, 0.3) is 0 Å². The van der Waals surface area contributed by atoms with Gasteiger partial charge in [0.1, 0.15) is 17.9 Å². The first kappa shape index (κ1) is 36.5. The van der Waals surface area contributed by atoms with Gasteiger partial charge < -0.3 is 26.0 Å². The molecule has 4 N–H and O–H groups in total. The summed E-state index contributed by atoms with van der Waals surface area (Å²) in [6, 6.07) is 21.8. The van der Waals surface area contributed by atoms with E-state index in [1.54, 1.807) is 32.3 Å². The normalized spacial score (nSPS) is 15.3. The van der Waals surface area contributed by atoms with E-state index in [0.717, 1.165) is 36.0 Å². The van der Waals surface area contributed by atoms with E-state index in [1.165, 1.54) is 28.0 Å². The Morgan fingerprint density at radius 1 is 0.896 bits per heavy atom. The molecule has 4 rings (SSSR count). The Morgan fingerprint density at radius 2 is 1.46 bits per heavy atom. The number of carbonyl (C=O) groups is 3. The van der Waals surface area contributed by atoms with Gasteiger partial charge in [-0.25, -0.2) is 4.39 Å². The van der Waals surface area contributed by atoms with E-state index in [2.05, 4.69) is 5.32 Å². The van der Waals surface area contributed by atoms with Crippen molar-refractivity contribution in [3.05, 3.63) is 108 Å². The van der Waals surface area contributed by atoms with Crippen LogP contribution in [-0.2, 0) is 27.2 Å². The van der Waals surface area contributed by atoms with Crippen LogP contribution in [0, 0.1) is 11.2 Å². The molecule has 1 fully saturated rings. The second-order valence-electron chi connectivity index (χ2n) is 13.9. The molecule has 0 heterocycles. The molecule has 8 nitrogen and oxygen atoms in total. The van der Waals surface area contributed by atoms with Crippen molar-refractivity contribution in [1.82, 2.24) is 15.1 Å². The topological polar surface area (TPSA) is 116 Å². The van der Waals surface area contributed by atoms with Crippen molar-refractivity contribution in [1.29, 1.82) is 0 Å². The lowest BCUT2D eigenvalue weighted by molar-refractivity contribution is -0.146. The Labute approximate surface area is 283 Å². The number of carbonyl (C=O) groups excluding carboxylic acids is 3. The minimum atomic E-state index is -0.963. The Balaban J connectivity index is 1.61. The first-order chi connectivity index (χ1) is 22.8. The highest BCUT2D eigenvalue weighted by Crippen LogP contribution is 2.32. The maximum Gasteiger partial charge on any atom is 0.246 e. The number of benzene rings is 3. The quantitative estimate of drug-likeness (QED) is 0.202. The monoisotopic (exact) mass is 656 g/mol. The number of rotatable bonds is 15. The smallest absolute Gasteiger partial charge is 0.246 e. The molecule has 0 aliphatic heterocycles. The van der Waals surface area contributed by atoms with Crippen LogP contribution in [0.3, 0.4) is 0 Å². The fourth-order valence-electron chi connectivity index (χ4n) is 5.72. The molecule has 1 aliphatic carbocycles. The fourth-order valence-corrected chi connectivity index (χ4v) is 5.72.